The van der Waals surface area contributed by atoms with Crippen LogP contribution >= 0.6 is 11.6 Å². The standard InChI is InChI=1S/C17H13ClN2O4/c1-10(23-17(22)13-9-12(18)7-8-14(13)21)15-19-20-16(24-15)11-5-3-2-4-6-11/h2-10,21H,1H3. The number of phenolic OH excluding ortho intramolecular Hbond substituents is 1. The largest absolute Gasteiger partial charge is 0.507 e. The lowest BCUT2D eigenvalue weighted by Crippen LogP contribution is -2.09. The number of halogens is 1. The molecule has 0 fully saturated rings. The molecule has 1 N–H and O–H groups in total. The number of carbonyl (C=O) groups excluding carboxylic acids is 1. The summed E-state index contributed by atoms with van der Waals surface area (Å²) < 4.78 is 10.8. The lowest BCUT2D eigenvalue weighted by molar-refractivity contribution is 0.0277. The lowest BCUT2D eigenvalue weighted by Gasteiger charge is -2.10. The van der Waals surface area contributed by atoms with Crippen LogP contribution in [0.15, 0.2) is 52.9 Å². The van der Waals surface area contributed by atoms with Gasteiger partial charge < -0.3 is 14.3 Å². The lowest BCUT2D eigenvalue weighted by atomic mass is 10.2. The zero-order valence-corrected chi connectivity index (χ0v) is 13.4. The van der Waals surface area contributed by atoms with E-state index in [1.807, 2.05) is 30.3 Å². The van der Waals surface area contributed by atoms with Gasteiger partial charge in [0, 0.05) is 10.6 Å². The Balaban J connectivity index is 1.75. The van der Waals surface area contributed by atoms with Gasteiger partial charge in [-0.05, 0) is 37.3 Å². The van der Waals surface area contributed by atoms with E-state index in [4.69, 9.17) is 20.8 Å². The smallest absolute Gasteiger partial charge is 0.342 e. The number of esters is 1. The van der Waals surface area contributed by atoms with Crippen molar-refractivity contribution < 1.29 is 19.1 Å². The Labute approximate surface area is 142 Å². The fourth-order valence-corrected chi connectivity index (χ4v) is 2.21. The monoisotopic (exact) mass is 344 g/mol. The zero-order valence-electron chi connectivity index (χ0n) is 12.6. The number of rotatable bonds is 4. The third-order valence-electron chi connectivity index (χ3n) is 3.27. The number of hydrogen-bond donors (Lipinski definition) is 1. The number of carbonyl (C=O) groups is 1. The van der Waals surface area contributed by atoms with Gasteiger partial charge in [-0.2, -0.15) is 0 Å². The van der Waals surface area contributed by atoms with Crippen LogP contribution in [0.5, 0.6) is 5.75 Å². The first kappa shape index (κ1) is 16.0. The summed E-state index contributed by atoms with van der Waals surface area (Å²) in [4.78, 5) is 12.1. The molecule has 6 nitrogen and oxygen atoms in total. The predicted octanol–water partition coefficient (Wildman–Crippen LogP) is 4.01. The van der Waals surface area contributed by atoms with Gasteiger partial charge >= 0.3 is 5.97 Å². The Hall–Kier alpha value is -2.86. The summed E-state index contributed by atoms with van der Waals surface area (Å²) in [6.07, 6.45) is -0.777. The Morgan fingerprint density at radius 2 is 1.96 bits per heavy atom. The van der Waals surface area contributed by atoms with Gasteiger partial charge in [-0.25, -0.2) is 4.79 Å². The fraction of sp³-hybridized carbons (Fsp3) is 0.118. The minimum Gasteiger partial charge on any atom is -0.507 e. The molecule has 0 amide bonds. The van der Waals surface area contributed by atoms with Crippen molar-refractivity contribution >= 4 is 17.6 Å². The van der Waals surface area contributed by atoms with E-state index in [9.17, 15) is 9.90 Å². The third-order valence-corrected chi connectivity index (χ3v) is 3.51. The van der Waals surface area contributed by atoms with Gasteiger partial charge in [0.1, 0.15) is 11.3 Å². The summed E-state index contributed by atoms with van der Waals surface area (Å²) in [5.41, 5.74) is 0.736. The Morgan fingerprint density at radius 1 is 1.21 bits per heavy atom. The van der Waals surface area contributed by atoms with E-state index in [1.165, 1.54) is 18.2 Å². The average Bonchev–Trinajstić information content (AvgIpc) is 3.08. The maximum Gasteiger partial charge on any atom is 0.342 e. The van der Waals surface area contributed by atoms with E-state index in [1.54, 1.807) is 6.92 Å². The molecule has 0 bridgehead atoms. The van der Waals surface area contributed by atoms with Crippen LogP contribution < -0.4 is 0 Å². The second kappa shape index (κ2) is 6.72. The van der Waals surface area contributed by atoms with Crippen molar-refractivity contribution in [2.45, 2.75) is 13.0 Å². The minimum atomic E-state index is -0.777. The maximum absolute atomic E-state index is 12.1. The first-order valence-electron chi connectivity index (χ1n) is 7.13. The predicted molar refractivity (Wildman–Crippen MR) is 86.7 cm³/mol. The number of ether oxygens (including phenoxy) is 1. The van der Waals surface area contributed by atoms with Crippen molar-refractivity contribution in [2.75, 3.05) is 0 Å². The average molecular weight is 345 g/mol. The van der Waals surface area contributed by atoms with Gasteiger partial charge in [0.2, 0.25) is 5.89 Å². The molecule has 122 valence electrons. The van der Waals surface area contributed by atoms with Crippen LogP contribution in [0.1, 0.15) is 29.3 Å². The van der Waals surface area contributed by atoms with E-state index >= 15 is 0 Å². The normalized spacial score (nSPS) is 11.9. The van der Waals surface area contributed by atoms with Crippen molar-refractivity contribution in [3.05, 3.63) is 65.0 Å². The summed E-state index contributed by atoms with van der Waals surface area (Å²) in [5, 5.41) is 17.9. The van der Waals surface area contributed by atoms with Crippen molar-refractivity contribution in [1.82, 2.24) is 10.2 Å². The second-order valence-corrected chi connectivity index (χ2v) is 5.46. The summed E-state index contributed by atoms with van der Waals surface area (Å²) in [6.45, 7) is 1.60. The van der Waals surface area contributed by atoms with Crippen LogP contribution in [0, 0.1) is 0 Å². The molecule has 3 aromatic rings. The molecule has 0 aliphatic rings. The van der Waals surface area contributed by atoms with Crippen molar-refractivity contribution in [1.29, 1.82) is 0 Å². The van der Waals surface area contributed by atoms with E-state index in [2.05, 4.69) is 10.2 Å². The van der Waals surface area contributed by atoms with Crippen molar-refractivity contribution in [2.24, 2.45) is 0 Å². The van der Waals surface area contributed by atoms with E-state index in [-0.39, 0.29) is 17.2 Å². The molecule has 1 aromatic heterocycles. The molecule has 0 saturated heterocycles. The number of aromatic hydroxyl groups is 1. The number of nitrogens with zero attached hydrogens (tertiary/aromatic N) is 2. The summed E-state index contributed by atoms with van der Waals surface area (Å²) in [6, 6.07) is 13.4. The molecule has 2 aromatic carbocycles. The molecule has 1 heterocycles. The van der Waals surface area contributed by atoms with Gasteiger partial charge in [-0.1, -0.05) is 29.8 Å². The van der Waals surface area contributed by atoms with Crippen molar-refractivity contribution in [3.8, 4) is 17.2 Å². The molecule has 3 rings (SSSR count). The van der Waals surface area contributed by atoms with E-state index in [0.29, 0.717) is 10.9 Å². The van der Waals surface area contributed by atoms with Gasteiger partial charge in [0.05, 0.1) is 0 Å². The summed E-state index contributed by atoms with van der Waals surface area (Å²) in [7, 11) is 0. The number of benzene rings is 2. The molecule has 0 spiro atoms. The second-order valence-electron chi connectivity index (χ2n) is 5.02. The van der Waals surface area contributed by atoms with Crippen LogP contribution in [-0.4, -0.2) is 21.3 Å². The molecule has 0 aliphatic carbocycles. The fourth-order valence-electron chi connectivity index (χ4n) is 2.04. The Morgan fingerprint density at radius 3 is 2.71 bits per heavy atom. The first-order valence-corrected chi connectivity index (χ1v) is 7.50. The Bertz CT molecular complexity index is 864. The summed E-state index contributed by atoms with van der Waals surface area (Å²) >= 11 is 5.83. The van der Waals surface area contributed by atoms with Crippen LogP contribution in [0.3, 0.4) is 0 Å². The van der Waals surface area contributed by atoms with Crippen LogP contribution in [0.2, 0.25) is 5.02 Å². The topological polar surface area (TPSA) is 85.5 Å². The van der Waals surface area contributed by atoms with Crippen LogP contribution in [0.25, 0.3) is 11.5 Å². The molecule has 0 aliphatic heterocycles. The molecular formula is C17H13ClN2O4. The maximum atomic E-state index is 12.1. The highest BCUT2D eigenvalue weighted by atomic mass is 35.5. The first-order chi connectivity index (χ1) is 11.5. The van der Waals surface area contributed by atoms with Crippen molar-refractivity contribution in [3.63, 3.8) is 0 Å². The molecule has 0 radical (unpaired) electrons. The SMILES string of the molecule is CC(OC(=O)c1cc(Cl)ccc1O)c1nnc(-c2ccccc2)o1. The van der Waals surface area contributed by atoms with Crippen LogP contribution in [0.4, 0.5) is 0 Å². The minimum absolute atomic E-state index is 0.0304. The molecule has 0 saturated carbocycles. The number of aromatic nitrogens is 2. The van der Waals surface area contributed by atoms with E-state index < -0.39 is 12.1 Å². The van der Waals surface area contributed by atoms with Crippen LogP contribution in [-0.2, 0) is 4.74 Å². The van der Waals surface area contributed by atoms with Gasteiger partial charge in [0.25, 0.3) is 5.89 Å². The van der Waals surface area contributed by atoms with Gasteiger partial charge in [0.15, 0.2) is 6.10 Å². The highest BCUT2D eigenvalue weighted by Gasteiger charge is 2.21. The molecule has 24 heavy (non-hydrogen) atoms. The highest BCUT2D eigenvalue weighted by molar-refractivity contribution is 6.31. The highest BCUT2D eigenvalue weighted by Crippen LogP contribution is 2.26. The molecule has 1 atom stereocenters. The Kier molecular flexibility index (Phi) is 4.48. The van der Waals surface area contributed by atoms with Gasteiger partial charge in [-0.15, -0.1) is 10.2 Å². The number of hydrogen-bond acceptors (Lipinski definition) is 6. The third kappa shape index (κ3) is 3.38. The summed E-state index contributed by atoms with van der Waals surface area (Å²) in [5.74, 6) is -0.461. The molecule has 7 heteroatoms. The number of phenols is 1. The zero-order chi connectivity index (χ0) is 17.1. The molecular weight excluding hydrogens is 332 g/mol. The molecule has 1 unspecified atom stereocenters. The van der Waals surface area contributed by atoms with Gasteiger partial charge in [-0.3, -0.25) is 0 Å². The quantitative estimate of drug-likeness (QED) is 0.719. The van der Waals surface area contributed by atoms with E-state index in [0.717, 1.165) is 5.56 Å².